The van der Waals surface area contributed by atoms with Crippen LogP contribution in [0.3, 0.4) is 0 Å². The normalized spacial score (nSPS) is 25.6. The van der Waals surface area contributed by atoms with Crippen molar-refractivity contribution in [2.75, 3.05) is 11.5 Å². The second kappa shape index (κ2) is 7.74. The summed E-state index contributed by atoms with van der Waals surface area (Å²) in [7, 11) is 0.452. The number of benzene rings is 1. The number of phenols is 1. The fraction of sp³-hybridized carbons (Fsp3) is 0.600. The number of phenolic OH excluding ortho intramolecular Hbond substituents is 1. The smallest absolute Gasteiger partial charge is 0.127 e. The Kier molecular flexibility index (Phi) is 6.35. The van der Waals surface area contributed by atoms with E-state index < -0.39 is 0 Å². The van der Waals surface area contributed by atoms with Gasteiger partial charge in [-0.3, -0.25) is 0 Å². The Balaban J connectivity index is 0.00000208. The van der Waals surface area contributed by atoms with Gasteiger partial charge in [-0.15, -0.1) is 0 Å². The number of aromatic hydroxyl groups is 1. The first-order chi connectivity index (χ1) is 10.9. The molecule has 0 radical (unpaired) electrons. The van der Waals surface area contributed by atoms with Crippen molar-refractivity contribution in [1.29, 1.82) is 0 Å². The minimum Gasteiger partial charge on any atom is -1.00 e. The van der Waals surface area contributed by atoms with Gasteiger partial charge in [-0.1, -0.05) is 0 Å². The second-order valence-electron chi connectivity index (χ2n) is 7.29. The van der Waals surface area contributed by atoms with Crippen LogP contribution in [0.15, 0.2) is 11.5 Å². The maximum absolute atomic E-state index is 10.3. The molecule has 0 aromatic heterocycles. The highest BCUT2D eigenvalue weighted by Gasteiger charge is 2.36. The molecule has 3 rings (SSSR count). The third-order valence-corrected chi connectivity index (χ3v) is 7.67. The van der Waals surface area contributed by atoms with Crippen LogP contribution in [0.5, 0.6) is 11.5 Å². The zero-order valence-corrected chi connectivity index (χ0v) is 17.6. The fourth-order valence-electron chi connectivity index (χ4n) is 3.65. The van der Waals surface area contributed by atoms with Gasteiger partial charge < -0.3 is 26.8 Å². The molecule has 2 unspecified atom stereocenters. The number of ether oxygens (including phenoxy) is 1. The first-order valence-corrected chi connectivity index (χ1v) is 10.4. The van der Waals surface area contributed by atoms with Crippen LogP contribution in [0.4, 0.5) is 0 Å². The van der Waals surface area contributed by atoms with E-state index >= 15 is 0 Å². The van der Waals surface area contributed by atoms with Crippen LogP contribution in [-0.4, -0.2) is 22.2 Å². The molecule has 134 valence electrons. The summed E-state index contributed by atoms with van der Waals surface area (Å²) in [5, 5.41) is 12.7. The Morgan fingerprint density at radius 1 is 1.21 bits per heavy atom. The molecule has 1 N–H and O–H groups in total. The number of allylic oxidation sites excluding steroid dienone is 1. The Morgan fingerprint density at radius 3 is 2.62 bits per heavy atom. The van der Waals surface area contributed by atoms with E-state index in [9.17, 15) is 5.11 Å². The van der Waals surface area contributed by atoms with Gasteiger partial charge in [-0.05, 0) is 76.1 Å². The van der Waals surface area contributed by atoms with Gasteiger partial charge in [-0.2, -0.15) is 0 Å². The van der Waals surface area contributed by atoms with Crippen molar-refractivity contribution in [3.63, 3.8) is 0 Å². The molecule has 0 fully saturated rings. The summed E-state index contributed by atoms with van der Waals surface area (Å²) in [4.78, 5) is 0. The molecule has 0 saturated carbocycles. The number of fused-ring (bicyclic) bond motifs is 1. The standard InChI is InChI=1S/C20H28O2S.BrH/c1-14-15(2)19-17(16(3)18(14)21)8-9-20(4,22-19)10-13-23-11-6-5-7-12-23;/h6,11H,5,7-10,12-13H2,1-4H3;1H. The summed E-state index contributed by atoms with van der Waals surface area (Å²) in [5.74, 6) is 4.09. The molecule has 0 amide bonds. The molecule has 0 spiro atoms. The van der Waals surface area contributed by atoms with Gasteiger partial charge in [-0.25, -0.2) is 0 Å². The van der Waals surface area contributed by atoms with E-state index in [0.29, 0.717) is 16.6 Å². The lowest BCUT2D eigenvalue weighted by Gasteiger charge is -2.37. The summed E-state index contributed by atoms with van der Waals surface area (Å²) in [6.07, 6.45) is 8.13. The number of halogens is 1. The highest BCUT2D eigenvalue weighted by Crippen LogP contribution is 2.44. The van der Waals surface area contributed by atoms with Crippen LogP contribution in [0, 0.1) is 20.8 Å². The first kappa shape index (κ1) is 19.7. The van der Waals surface area contributed by atoms with Gasteiger partial charge in [0, 0.05) is 22.9 Å². The SMILES string of the molecule is Cc1c(C)c2c(c(C)c1O)CCC(C)(CC[S+]1C=CCCC1)O2.[Br-]. The van der Waals surface area contributed by atoms with Crippen molar-refractivity contribution in [3.8, 4) is 11.5 Å². The Bertz CT molecular complexity index is 641. The topological polar surface area (TPSA) is 29.5 Å². The van der Waals surface area contributed by atoms with Gasteiger partial charge in [0.25, 0.3) is 0 Å². The third kappa shape index (κ3) is 3.80. The van der Waals surface area contributed by atoms with Crippen LogP contribution in [0.2, 0.25) is 0 Å². The van der Waals surface area contributed by atoms with Crippen molar-refractivity contribution in [2.24, 2.45) is 0 Å². The van der Waals surface area contributed by atoms with Crippen molar-refractivity contribution < 1.29 is 26.8 Å². The first-order valence-electron chi connectivity index (χ1n) is 8.75. The average molecular weight is 413 g/mol. The van der Waals surface area contributed by atoms with E-state index in [2.05, 4.69) is 25.3 Å². The van der Waals surface area contributed by atoms with E-state index in [1.165, 1.54) is 29.9 Å². The molecule has 0 aliphatic carbocycles. The molecule has 24 heavy (non-hydrogen) atoms. The van der Waals surface area contributed by atoms with Crippen LogP contribution in [0.25, 0.3) is 0 Å². The lowest BCUT2D eigenvalue weighted by atomic mass is 9.86. The Morgan fingerprint density at radius 2 is 1.96 bits per heavy atom. The third-order valence-electron chi connectivity index (χ3n) is 5.55. The van der Waals surface area contributed by atoms with Gasteiger partial charge in [0.1, 0.15) is 34.0 Å². The second-order valence-corrected chi connectivity index (χ2v) is 9.46. The van der Waals surface area contributed by atoms with E-state index in [1.54, 1.807) is 0 Å². The maximum Gasteiger partial charge on any atom is 0.127 e. The van der Waals surface area contributed by atoms with Gasteiger partial charge in [0.15, 0.2) is 0 Å². The Labute approximate surface area is 159 Å². The number of rotatable bonds is 3. The molecule has 1 aromatic carbocycles. The van der Waals surface area contributed by atoms with Crippen LogP contribution < -0.4 is 21.7 Å². The Hall–Kier alpha value is -0.610. The molecule has 2 aliphatic rings. The molecule has 2 nitrogen and oxygen atoms in total. The minimum absolute atomic E-state index is 0. The van der Waals surface area contributed by atoms with E-state index in [-0.39, 0.29) is 22.6 Å². The highest BCUT2D eigenvalue weighted by molar-refractivity contribution is 7.99. The summed E-state index contributed by atoms with van der Waals surface area (Å²) < 4.78 is 6.53. The van der Waals surface area contributed by atoms with Crippen LogP contribution >= 0.6 is 0 Å². The van der Waals surface area contributed by atoms with E-state index in [0.717, 1.165) is 41.7 Å². The lowest BCUT2D eigenvalue weighted by Crippen LogP contribution is -3.00. The summed E-state index contributed by atoms with van der Waals surface area (Å²) in [5.41, 5.74) is 4.22. The monoisotopic (exact) mass is 412 g/mol. The average Bonchev–Trinajstić information content (AvgIpc) is 2.57. The van der Waals surface area contributed by atoms with E-state index in [1.807, 2.05) is 13.8 Å². The fourth-order valence-corrected chi connectivity index (χ4v) is 5.76. The molecule has 1 aromatic rings. The molecule has 2 heterocycles. The summed E-state index contributed by atoms with van der Waals surface area (Å²) in [6.45, 7) is 8.34. The van der Waals surface area contributed by atoms with Gasteiger partial charge in [0.2, 0.25) is 0 Å². The zero-order chi connectivity index (χ0) is 16.6. The van der Waals surface area contributed by atoms with Crippen LogP contribution in [-0.2, 0) is 17.3 Å². The summed E-state index contributed by atoms with van der Waals surface area (Å²) in [6, 6.07) is 0. The largest absolute Gasteiger partial charge is 1.00 e. The molecule has 2 aliphatic heterocycles. The molecular weight excluding hydrogens is 384 g/mol. The van der Waals surface area contributed by atoms with Crippen molar-refractivity contribution in [2.45, 2.75) is 65.4 Å². The van der Waals surface area contributed by atoms with Crippen molar-refractivity contribution in [1.82, 2.24) is 0 Å². The maximum atomic E-state index is 10.3. The number of hydrogen-bond acceptors (Lipinski definition) is 2. The van der Waals surface area contributed by atoms with E-state index in [4.69, 9.17) is 4.74 Å². The molecule has 2 atom stereocenters. The van der Waals surface area contributed by atoms with Gasteiger partial charge in [0.05, 0.1) is 0 Å². The lowest BCUT2D eigenvalue weighted by molar-refractivity contribution is -0.0000103. The minimum atomic E-state index is -0.0636. The molecule has 0 saturated heterocycles. The molecule has 0 bridgehead atoms. The molecule has 4 heteroatoms. The highest BCUT2D eigenvalue weighted by atomic mass is 79.9. The predicted octanol–water partition coefficient (Wildman–Crippen LogP) is 1.72. The van der Waals surface area contributed by atoms with Crippen LogP contribution in [0.1, 0.15) is 54.9 Å². The predicted molar refractivity (Wildman–Crippen MR) is 99.8 cm³/mol. The number of hydrogen-bond donors (Lipinski definition) is 1. The quantitative estimate of drug-likeness (QED) is 0.765. The molecular formula is C20H29BrO2S. The van der Waals surface area contributed by atoms with Crippen molar-refractivity contribution in [3.05, 3.63) is 33.7 Å². The van der Waals surface area contributed by atoms with Gasteiger partial charge >= 0.3 is 0 Å². The zero-order valence-electron chi connectivity index (χ0n) is 15.2. The van der Waals surface area contributed by atoms with Crippen molar-refractivity contribution >= 4 is 10.9 Å². The summed E-state index contributed by atoms with van der Waals surface area (Å²) >= 11 is 0.